The highest BCUT2D eigenvalue weighted by atomic mass is 19.1. The average Bonchev–Trinajstić information content (AvgIpc) is 3.23. The van der Waals surface area contributed by atoms with Crippen LogP contribution in [0.5, 0.6) is 0 Å². The maximum Gasteiger partial charge on any atom is 0.226 e. The summed E-state index contributed by atoms with van der Waals surface area (Å²) >= 11 is 0. The normalized spacial score (nSPS) is 18.6. The Hall–Kier alpha value is -3.14. The van der Waals surface area contributed by atoms with E-state index in [1.165, 1.54) is 18.6 Å². The molecule has 0 aromatic carbocycles. The van der Waals surface area contributed by atoms with Gasteiger partial charge in [-0.25, -0.2) is 19.3 Å². The Labute approximate surface area is 184 Å². The SMILES string of the molecule is COCCCNc1ncnc2[nH]cc(C(=O)c3ccc(NC4CCC(F)CC4)nc3F)c12. The van der Waals surface area contributed by atoms with Crippen LogP contribution in [-0.4, -0.2) is 58.2 Å². The first-order valence-electron chi connectivity index (χ1n) is 10.7. The number of rotatable bonds is 9. The van der Waals surface area contributed by atoms with Crippen LogP contribution in [0.4, 0.5) is 20.4 Å². The van der Waals surface area contributed by atoms with Crippen LogP contribution in [0.2, 0.25) is 0 Å². The number of ketones is 1. The summed E-state index contributed by atoms with van der Waals surface area (Å²) in [5.41, 5.74) is 0.600. The van der Waals surface area contributed by atoms with Gasteiger partial charge in [0.05, 0.1) is 16.5 Å². The molecule has 0 unspecified atom stereocenters. The highest BCUT2D eigenvalue weighted by Gasteiger charge is 2.24. The Kier molecular flexibility index (Phi) is 6.89. The summed E-state index contributed by atoms with van der Waals surface area (Å²) in [6.45, 7) is 1.19. The van der Waals surface area contributed by atoms with Gasteiger partial charge in [0.15, 0.2) is 5.78 Å². The molecule has 4 rings (SSSR count). The summed E-state index contributed by atoms with van der Waals surface area (Å²) in [6.07, 6.45) is 5.20. The van der Waals surface area contributed by atoms with Crippen molar-refractivity contribution in [3.8, 4) is 0 Å². The van der Waals surface area contributed by atoms with E-state index in [1.807, 2.05) is 0 Å². The molecule has 0 amide bonds. The first kappa shape index (κ1) is 22.1. The van der Waals surface area contributed by atoms with E-state index >= 15 is 0 Å². The van der Waals surface area contributed by atoms with Crippen molar-refractivity contribution in [3.63, 3.8) is 0 Å². The molecule has 0 radical (unpaired) electrons. The monoisotopic (exact) mass is 444 g/mol. The number of fused-ring (bicyclic) bond motifs is 1. The quantitative estimate of drug-likeness (QED) is 0.261. The number of anilines is 2. The molecule has 1 aliphatic carbocycles. The molecule has 1 fully saturated rings. The van der Waals surface area contributed by atoms with Gasteiger partial charge in [0.1, 0.15) is 29.8 Å². The molecule has 1 aliphatic rings. The van der Waals surface area contributed by atoms with Gasteiger partial charge in [-0.15, -0.1) is 0 Å². The van der Waals surface area contributed by atoms with Crippen LogP contribution in [0.25, 0.3) is 11.0 Å². The predicted octanol–water partition coefficient (Wildman–Crippen LogP) is 3.86. The third-order valence-corrected chi connectivity index (χ3v) is 5.63. The Morgan fingerprint density at radius 3 is 2.78 bits per heavy atom. The first-order chi connectivity index (χ1) is 15.6. The van der Waals surface area contributed by atoms with E-state index in [0.29, 0.717) is 61.5 Å². The number of nitrogens with one attached hydrogen (secondary N) is 3. The highest BCUT2D eigenvalue weighted by Crippen LogP contribution is 2.27. The van der Waals surface area contributed by atoms with Gasteiger partial charge in [-0.3, -0.25) is 4.79 Å². The number of H-pyrrole nitrogens is 1. The van der Waals surface area contributed by atoms with Crippen LogP contribution >= 0.6 is 0 Å². The van der Waals surface area contributed by atoms with Crippen LogP contribution in [0, 0.1) is 5.95 Å². The molecule has 3 aromatic rings. The maximum atomic E-state index is 14.8. The minimum absolute atomic E-state index is 0.0490. The summed E-state index contributed by atoms with van der Waals surface area (Å²) in [5, 5.41) is 6.82. The Balaban J connectivity index is 1.53. The molecule has 3 aromatic heterocycles. The minimum Gasteiger partial charge on any atom is -0.385 e. The number of carbonyl (C=O) groups excluding carboxylic acids is 1. The molecule has 1 saturated carbocycles. The number of hydrogen-bond acceptors (Lipinski definition) is 7. The molecule has 0 aliphatic heterocycles. The number of aromatic amines is 1. The van der Waals surface area contributed by atoms with E-state index in [0.717, 1.165) is 6.42 Å². The van der Waals surface area contributed by atoms with E-state index in [1.54, 1.807) is 13.2 Å². The van der Waals surface area contributed by atoms with E-state index in [9.17, 15) is 13.6 Å². The number of aromatic nitrogens is 4. The molecule has 10 heteroatoms. The van der Waals surface area contributed by atoms with Crippen LogP contribution in [0.3, 0.4) is 0 Å². The fraction of sp³-hybridized carbons (Fsp3) is 0.455. The molecule has 0 atom stereocenters. The Bertz CT molecular complexity index is 1080. The van der Waals surface area contributed by atoms with Crippen LogP contribution in [0.1, 0.15) is 48.0 Å². The largest absolute Gasteiger partial charge is 0.385 e. The average molecular weight is 444 g/mol. The summed E-state index contributed by atoms with van der Waals surface area (Å²) in [6, 6.07) is 3.04. The Morgan fingerprint density at radius 2 is 2.03 bits per heavy atom. The highest BCUT2D eigenvalue weighted by molar-refractivity contribution is 6.18. The third kappa shape index (κ3) is 4.85. The second-order valence-corrected chi connectivity index (χ2v) is 7.88. The van der Waals surface area contributed by atoms with Gasteiger partial charge in [0, 0.05) is 32.5 Å². The lowest BCUT2D eigenvalue weighted by Gasteiger charge is -2.25. The van der Waals surface area contributed by atoms with Crippen molar-refractivity contribution in [3.05, 3.63) is 41.7 Å². The summed E-state index contributed by atoms with van der Waals surface area (Å²) < 4.78 is 33.2. The molecule has 3 heterocycles. The first-order valence-corrected chi connectivity index (χ1v) is 10.7. The number of halogens is 2. The van der Waals surface area contributed by atoms with E-state index in [-0.39, 0.29) is 17.2 Å². The molecule has 170 valence electrons. The number of pyridine rings is 1. The van der Waals surface area contributed by atoms with Crippen molar-refractivity contribution >= 4 is 28.5 Å². The van der Waals surface area contributed by atoms with Crippen molar-refractivity contribution in [1.29, 1.82) is 0 Å². The van der Waals surface area contributed by atoms with E-state index in [4.69, 9.17) is 4.74 Å². The summed E-state index contributed by atoms with van der Waals surface area (Å²) in [4.78, 5) is 28.4. The lowest BCUT2D eigenvalue weighted by Crippen LogP contribution is -2.27. The maximum absolute atomic E-state index is 14.8. The van der Waals surface area contributed by atoms with E-state index < -0.39 is 17.9 Å². The number of nitrogens with zero attached hydrogens (tertiary/aromatic N) is 3. The molecule has 8 nitrogen and oxygen atoms in total. The third-order valence-electron chi connectivity index (χ3n) is 5.63. The predicted molar refractivity (Wildman–Crippen MR) is 117 cm³/mol. The zero-order valence-corrected chi connectivity index (χ0v) is 17.8. The molecule has 0 spiro atoms. The van der Waals surface area contributed by atoms with Crippen LogP contribution in [-0.2, 0) is 4.74 Å². The number of carbonyl (C=O) groups is 1. The van der Waals surface area contributed by atoms with Crippen molar-refractivity contribution in [2.45, 2.75) is 44.3 Å². The summed E-state index contributed by atoms with van der Waals surface area (Å²) in [5.74, 6) is -0.546. The minimum atomic E-state index is -0.861. The van der Waals surface area contributed by atoms with Gasteiger partial charge < -0.3 is 20.4 Å². The molecule has 32 heavy (non-hydrogen) atoms. The van der Waals surface area contributed by atoms with Gasteiger partial charge in [0.2, 0.25) is 5.95 Å². The van der Waals surface area contributed by atoms with Crippen LogP contribution in [0.15, 0.2) is 24.7 Å². The van der Waals surface area contributed by atoms with Crippen molar-refractivity contribution in [2.75, 3.05) is 30.9 Å². The van der Waals surface area contributed by atoms with Crippen molar-refractivity contribution < 1.29 is 18.3 Å². The zero-order chi connectivity index (χ0) is 22.5. The number of hydrogen-bond donors (Lipinski definition) is 3. The lowest BCUT2D eigenvalue weighted by atomic mass is 9.94. The molecule has 0 saturated heterocycles. The van der Waals surface area contributed by atoms with Crippen molar-refractivity contribution in [1.82, 2.24) is 19.9 Å². The molecule has 0 bridgehead atoms. The van der Waals surface area contributed by atoms with Gasteiger partial charge in [-0.2, -0.15) is 4.39 Å². The van der Waals surface area contributed by atoms with Crippen molar-refractivity contribution in [2.24, 2.45) is 0 Å². The Morgan fingerprint density at radius 1 is 1.22 bits per heavy atom. The lowest BCUT2D eigenvalue weighted by molar-refractivity contribution is 0.103. The van der Waals surface area contributed by atoms with Gasteiger partial charge >= 0.3 is 0 Å². The smallest absolute Gasteiger partial charge is 0.226 e. The zero-order valence-electron chi connectivity index (χ0n) is 17.8. The molecular formula is C22H26F2N6O2. The second kappa shape index (κ2) is 9.99. The number of methoxy groups -OCH3 is 1. The topological polar surface area (TPSA) is 105 Å². The van der Waals surface area contributed by atoms with Gasteiger partial charge in [-0.05, 0) is 44.2 Å². The fourth-order valence-electron chi connectivity index (χ4n) is 3.93. The molecule has 3 N–H and O–H groups in total. The van der Waals surface area contributed by atoms with Crippen LogP contribution < -0.4 is 10.6 Å². The second-order valence-electron chi connectivity index (χ2n) is 7.88. The summed E-state index contributed by atoms with van der Waals surface area (Å²) in [7, 11) is 1.63. The number of alkyl halides is 1. The van der Waals surface area contributed by atoms with E-state index in [2.05, 4.69) is 30.6 Å². The standard InChI is InChI=1S/C22H26F2N6O2/c1-32-10-2-9-25-21-18-16(11-26-22(18)28-12-27-21)19(31)15-7-8-17(30-20(15)24)29-14-5-3-13(23)4-6-14/h7-8,11-14H,2-6,9-10H2,1H3,(H,29,30)(H2,25,26,27,28). The number of ether oxygens (including phenoxy) is 1. The van der Waals surface area contributed by atoms with Gasteiger partial charge in [-0.1, -0.05) is 0 Å². The van der Waals surface area contributed by atoms with Gasteiger partial charge in [0.25, 0.3) is 0 Å². The fourth-order valence-corrected chi connectivity index (χ4v) is 3.93. The molecular weight excluding hydrogens is 418 g/mol.